The maximum Gasteiger partial charge on any atom is 0.303 e. The number of carboxylic acid groups (broad SMARTS) is 1. The van der Waals surface area contributed by atoms with Crippen LogP contribution in [-0.2, 0) is 29.0 Å². The van der Waals surface area contributed by atoms with Crippen LogP contribution >= 0.6 is 0 Å². The first-order valence-electron chi connectivity index (χ1n) is 14.7. The Morgan fingerprint density at radius 2 is 2.00 bits per heavy atom. The smallest absolute Gasteiger partial charge is 0.303 e. The molecule has 2 aromatic heterocycles. The molecule has 0 atom stereocenters. The summed E-state index contributed by atoms with van der Waals surface area (Å²) in [6.45, 7) is 6.05. The highest BCUT2D eigenvalue weighted by Gasteiger charge is 2.22. The van der Waals surface area contributed by atoms with Crippen LogP contribution in [0.2, 0.25) is 0 Å². The summed E-state index contributed by atoms with van der Waals surface area (Å²) < 4.78 is 8.03. The van der Waals surface area contributed by atoms with E-state index in [1.54, 1.807) is 19.4 Å². The minimum absolute atomic E-state index is 0.0317. The number of aliphatic carboxylic acids is 1. The molecule has 0 fully saturated rings. The van der Waals surface area contributed by atoms with Crippen molar-refractivity contribution in [2.45, 2.75) is 32.2 Å². The molecule has 0 bridgehead atoms. The summed E-state index contributed by atoms with van der Waals surface area (Å²) in [5, 5.41) is 16.7. The molecule has 0 unspecified atom stereocenters. The van der Waals surface area contributed by atoms with Crippen LogP contribution in [0.4, 0.5) is 23.0 Å². The van der Waals surface area contributed by atoms with Crippen LogP contribution in [0.3, 0.4) is 0 Å². The number of anilines is 4. The average molecular weight is 598 g/mol. The molecule has 11 heteroatoms. The molecule has 2 aromatic carbocycles. The number of para-hydroxylation sites is 1. The van der Waals surface area contributed by atoms with E-state index < -0.39 is 5.97 Å². The third-order valence-electron chi connectivity index (χ3n) is 7.86. The highest BCUT2D eigenvalue weighted by Crippen LogP contribution is 2.39. The molecule has 4 aromatic rings. The number of likely N-dealkylation sites (N-methyl/N-ethyl adjacent to an activating group) is 2. The number of nitrogens with zero attached hydrogens (tertiary/aromatic N) is 5. The van der Waals surface area contributed by atoms with Gasteiger partial charge in [0.15, 0.2) is 0 Å². The summed E-state index contributed by atoms with van der Waals surface area (Å²) in [5.74, 6) is -0.354. The number of hydrogen-bond acceptors (Lipinski definition) is 8. The predicted octanol–water partition coefficient (Wildman–Crippen LogP) is 4.94. The lowest BCUT2D eigenvalue weighted by Gasteiger charge is -2.26. The van der Waals surface area contributed by atoms with Gasteiger partial charge in [-0.1, -0.05) is 24.8 Å². The van der Waals surface area contributed by atoms with Gasteiger partial charge in [0.05, 0.1) is 35.4 Å². The minimum Gasteiger partial charge on any atom is -0.494 e. The zero-order chi connectivity index (χ0) is 31.4. The molecule has 0 radical (unpaired) electrons. The molecule has 11 nitrogen and oxygen atoms in total. The number of rotatable bonds is 13. The van der Waals surface area contributed by atoms with Crippen LogP contribution in [0.15, 0.2) is 55.4 Å². The Morgan fingerprint density at radius 3 is 2.73 bits per heavy atom. The van der Waals surface area contributed by atoms with Gasteiger partial charge in [0.2, 0.25) is 11.9 Å². The number of carbonyl (C=O) groups excluding carboxylic acids is 1. The zero-order valence-corrected chi connectivity index (χ0v) is 25.7. The first-order chi connectivity index (χ1) is 21.2. The third kappa shape index (κ3) is 6.52. The molecule has 0 spiro atoms. The highest BCUT2D eigenvalue weighted by molar-refractivity contribution is 6.02. The maximum absolute atomic E-state index is 12.4. The number of carboxylic acids is 1. The summed E-state index contributed by atoms with van der Waals surface area (Å²) in [4.78, 5) is 37.5. The number of benzene rings is 2. The molecule has 1 amide bonds. The summed E-state index contributed by atoms with van der Waals surface area (Å²) in [6.07, 6.45) is 7.39. The van der Waals surface area contributed by atoms with Gasteiger partial charge in [-0.3, -0.25) is 9.59 Å². The average Bonchev–Trinajstić information content (AvgIpc) is 3.39. The second kappa shape index (κ2) is 13.2. The van der Waals surface area contributed by atoms with E-state index in [2.05, 4.69) is 56.1 Å². The fourth-order valence-electron chi connectivity index (χ4n) is 5.60. The number of methoxy groups -OCH3 is 1. The summed E-state index contributed by atoms with van der Waals surface area (Å²) in [7, 11) is 7.56. The lowest BCUT2D eigenvalue weighted by Crippen LogP contribution is -2.29. The van der Waals surface area contributed by atoms with E-state index in [0.29, 0.717) is 35.2 Å². The SMILES string of the molecule is C=CC(=O)Nc1cc(Nc2ncc(CCC(=O)O)c(-c3cn4c5c(cccc35)CCC4)n2)c(OC)cc1N(C)CCN(C)C. The molecule has 3 heterocycles. The number of amides is 1. The fourth-order valence-corrected chi connectivity index (χ4v) is 5.60. The van der Waals surface area contributed by atoms with Gasteiger partial charge in [0.25, 0.3) is 0 Å². The largest absolute Gasteiger partial charge is 0.494 e. The monoisotopic (exact) mass is 597 g/mol. The van der Waals surface area contributed by atoms with Crippen LogP contribution in [0.25, 0.3) is 22.2 Å². The van der Waals surface area contributed by atoms with Crippen molar-refractivity contribution in [1.82, 2.24) is 19.4 Å². The maximum atomic E-state index is 12.4. The number of nitrogens with one attached hydrogen (secondary N) is 2. The molecule has 1 aliphatic rings. The summed E-state index contributed by atoms with van der Waals surface area (Å²) in [5.41, 5.74) is 6.80. The first kappa shape index (κ1) is 30.6. The quantitative estimate of drug-likeness (QED) is 0.184. The molecule has 3 N–H and O–H groups in total. The lowest BCUT2D eigenvalue weighted by atomic mass is 9.99. The van der Waals surface area contributed by atoms with Gasteiger partial charge in [-0.25, -0.2) is 9.97 Å². The van der Waals surface area contributed by atoms with Crippen molar-refractivity contribution in [2.24, 2.45) is 0 Å². The molecule has 0 aliphatic carbocycles. The molecule has 44 heavy (non-hydrogen) atoms. The Morgan fingerprint density at radius 1 is 1.18 bits per heavy atom. The van der Waals surface area contributed by atoms with Gasteiger partial charge in [-0.2, -0.15) is 0 Å². The van der Waals surface area contributed by atoms with Crippen molar-refractivity contribution in [3.63, 3.8) is 0 Å². The molecule has 0 saturated carbocycles. The van der Waals surface area contributed by atoms with Gasteiger partial charge in [0.1, 0.15) is 5.75 Å². The first-order valence-corrected chi connectivity index (χ1v) is 14.7. The Balaban J connectivity index is 1.58. The van der Waals surface area contributed by atoms with Gasteiger partial charge < -0.3 is 34.8 Å². The van der Waals surface area contributed by atoms with Gasteiger partial charge in [-0.05, 0) is 56.6 Å². The number of carbonyl (C=O) groups is 2. The van der Waals surface area contributed by atoms with E-state index in [9.17, 15) is 14.7 Å². The molecular formula is C33H39N7O4. The standard InChI is InChI=1S/C33H39N7O4/c1-6-29(41)35-25-17-26(28(44-5)18-27(25)39(4)16-15-38(2)3)36-33-34-19-22(12-13-30(42)43)31(37-33)24-20-40-14-8-10-21-9-7-11-23(24)32(21)40/h6-7,9,11,17-20H,1,8,10,12-16H2,2-5H3,(H,35,41)(H,42,43)(H,34,36,37). The fraction of sp³-hybridized carbons (Fsp3) is 0.333. The van der Waals surface area contributed by atoms with Crippen LogP contribution in [0.5, 0.6) is 5.75 Å². The van der Waals surface area contributed by atoms with E-state index in [1.165, 1.54) is 17.2 Å². The van der Waals surface area contributed by atoms with Crippen LogP contribution in [0.1, 0.15) is 24.0 Å². The van der Waals surface area contributed by atoms with Crippen molar-refractivity contribution in [1.29, 1.82) is 0 Å². The second-order valence-electron chi connectivity index (χ2n) is 11.2. The Labute approximate surface area is 257 Å². The van der Waals surface area contributed by atoms with Crippen molar-refractivity contribution in [2.75, 3.05) is 56.9 Å². The lowest BCUT2D eigenvalue weighted by molar-refractivity contribution is -0.137. The number of hydrogen-bond donors (Lipinski definition) is 3. The minimum atomic E-state index is -0.879. The Kier molecular flexibility index (Phi) is 9.15. The summed E-state index contributed by atoms with van der Waals surface area (Å²) in [6, 6.07) is 9.98. The normalized spacial score (nSPS) is 12.3. The zero-order valence-electron chi connectivity index (χ0n) is 25.7. The van der Waals surface area contributed by atoms with Gasteiger partial charge in [0, 0.05) is 62.5 Å². The van der Waals surface area contributed by atoms with E-state index in [1.807, 2.05) is 32.1 Å². The van der Waals surface area contributed by atoms with Gasteiger partial charge >= 0.3 is 5.97 Å². The third-order valence-corrected chi connectivity index (χ3v) is 7.86. The number of ether oxygens (including phenoxy) is 1. The highest BCUT2D eigenvalue weighted by atomic mass is 16.5. The molecule has 5 rings (SSSR count). The molecule has 1 aliphatic heterocycles. The van der Waals surface area contributed by atoms with Gasteiger partial charge in [-0.15, -0.1) is 0 Å². The van der Waals surface area contributed by atoms with Crippen molar-refractivity contribution < 1.29 is 19.4 Å². The second-order valence-corrected chi connectivity index (χ2v) is 11.2. The van der Waals surface area contributed by atoms with Crippen molar-refractivity contribution in [3.8, 4) is 17.0 Å². The predicted molar refractivity (Wildman–Crippen MR) is 174 cm³/mol. The molecule has 230 valence electrons. The van der Waals surface area contributed by atoms with E-state index >= 15 is 0 Å². The van der Waals surface area contributed by atoms with E-state index in [0.717, 1.165) is 54.7 Å². The number of aryl methyl sites for hydroxylation is 3. The Hall–Kier alpha value is -4.90. The molecule has 0 saturated heterocycles. The van der Waals surface area contributed by atoms with Crippen LogP contribution < -0.4 is 20.3 Å². The Bertz CT molecular complexity index is 1710. The topological polar surface area (TPSA) is 125 Å². The summed E-state index contributed by atoms with van der Waals surface area (Å²) >= 11 is 0. The van der Waals surface area contributed by atoms with Crippen LogP contribution in [-0.4, -0.2) is 77.8 Å². The van der Waals surface area contributed by atoms with Crippen molar-refractivity contribution in [3.05, 3.63) is 66.5 Å². The van der Waals surface area contributed by atoms with Crippen LogP contribution in [0, 0.1) is 0 Å². The molecular weight excluding hydrogens is 558 g/mol. The van der Waals surface area contributed by atoms with E-state index in [4.69, 9.17) is 9.72 Å². The number of aromatic nitrogens is 3. The van der Waals surface area contributed by atoms with E-state index in [-0.39, 0.29) is 12.3 Å². The van der Waals surface area contributed by atoms with Crippen molar-refractivity contribution >= 4 is 45.8 Å².